The number of hydrogen-bond acceptors (Lipinski definition) is 8. The molecule has 1 aliphatic carbocycles. The van der Waals surface area contributed by atoms with Gasteiger partial charge < -0.3 is 29.6 Å². The van der Waals surface area contributed by atoms with Gasteiger partial charge in [0.2, 0.25) is 11.8 Å². The summed E-state index contributed by atoms with van der Waals surface area (Å²) >= 11 is 0. The Kier molecular flexibility index (Phi) is 7.44. The molecule has 42 heavy (non-hydrogen) atoms. The van der Waals surface area contributed by atoms with Crippen LogP contribution in [0.1, 0.15) is 35.6 Å². The number of imide groups is 1. The fraction of sp³-hybridized carbons (Fsp3) is 0.290. The smallest absolute Gasteiger partial charge is 0.488 e. The maximum atomic E-state index is 14.0. The second kappa shape index (κ2) is 11.1. The molecule has 4 atom stereocenters. The van der Waals surface area contributed by atoms with Crippen LogP contribution in [-0.2, 0) is 14.2 Å². The molecule has 0 saturated carbocycles. The number of allylic oxidation sites excluding steroid dienone is 1. The number of phenolic OH excluding ortho intramolecular Hbond substituents is 1. The summed E-state index contributed by atoms with van der Waals surface area (Å²) in [7, 11) is -3.07. The summed E-state index contributed by atoms with van der Waals surface area (Å²) in [4.78, 5) is 29.1. The van der Waals surface area contributed by atoms with Gasteiger partial charge in [-0.1, -0.05) is 30.3 Å². The molecule has 2 heterocycles. The topological polar surface area (TPSA) is 137 Å². The van der Waals surface area contributed by atoms with Crippen molar-refractivity contribution in [3.63, 3.8) is 0 Å². The molecule has 0 aromatic heterocycles. The molecule has 0 unspecified atom stereocenters. The largest absolute Gasteiger partial charge is 0.507 e. The van der Waals surface area contributed by atoms with E-state index in [1.54, 1.807) is 26.0 Å². The third-order valence-corrected chi connectivity index (χ3v) is 8.68. The van der Waals surface area contributed by atoms with Crippen LogP contribution in [-0.4, -0.2) is 52.8 Å². The van der Waals surface area contributed by atoms with Gasteiger partial charge in [0.25, 0.3) is 0 Å². The van der Waals surface area contributed by atoms with Gasteiger partial charge in [-0.25, -0.2) is 0 Å². The SMILES string of the molecule is Cc1cc([C@@H]2C[C@@H]3C(=C(COc4ccccc4)C[C@@H]4C(=O)N(c5cccc(B(O)O)c5)C(=O)[C@@H]43)B(O)O2)cc(C)c1O. The van der Waals surface area contributed by atoms with Crippen LogP contribution in [0.5, 0.6) is 11.5 Å². The number of benzene rings is 3. The number of phenols is 1. The first kappa shape index (κ1) is 28.2. The van der Waals surface area contributed by atoms with E-state index in [-0.39, 0.29) is 35.8 Å². The molecule has 0 radical (unpaired) electrons. The van der Waals surface area contributed by atoms with Gasteiger partial charge in [0, 0.05) is 0 Å². The number of ether oxygens (including phenoxy) is 1. The molecule has 2 fully saturated rings. The molecule has 0 bridgehead atoms. The van der Waals surface area contributed by atoms with Gasteiger partial charge in [0.15, 0.2) is 0 Å². The Balaban J connectivity index is 1.39. The first-order valence-corrected chi connectivity index (χ1v) is 14.0. The average molecular weight is 567 g/mol. The van der Waals surface area contributed by atoms with Gasteiger partial charge in [-0.3, -0.25) is 14.5 Å². The Labute approximate surface area is 244 Å². The molecule has 214 valence electrons. The van der Waals surface area contributed by atoms with Gasteiger partial charge in [0.1, 0.15) is 18.1 Å². The molecule has 2 amide bonds. The lowest BCUT2D eigenvalue weighted by Gasteiger charge is -2.42. The molecule has 4 N–H and O–H groups in total. The number of fused-ring (bicyclic) bond motifs is 3. The number of carbonyl (C=O) groups excluding carboxylic acids is 2. The van der Waals surface area contributed by atoms with Crippen LogP contribution in [0, 0.1) is 31.6 Å². The van der Waals surface area contributed by atoms with Crippen molar-refractivity contribution in [3.05, 3.63) is 94.5 Å². The van der Waals surface area contributed by atoms with Gasteiger partial charge in [-0.15, -0.1) is 0 Å². The number of aryl methyl sites for hydroxylation is 2. The lowest BCUT2D eigenvalue weighted by molar-refractivity contribution is -0.123. The van der Waals surface area contributed by atoms with Crippen molar-refractivity contribution in [2.75, 3.05) is 11.5 Å². The summed E-state index contributed by atoms with van der Waals surface area (Å²) in [5.41, 5.74) is 3.83. The van der Waals surface area contributed by atoms with E-state index in [2.05, 4.69) is 0 Å². The van der Waals surface area contributed by atoms with Crippen LogP contribution in [0.25, 0.3) is 0 Å². The third kappa shape index (κ3) is 4.92. The number of anilines is 1. The molecule has 3 aromatic carbocycles. The minimum atomic E-state index is -1.75. The molecule has 2 saturated heterocycles. The molecule has 0 spiro atoms. The summed E-state index contributed by atoms with van der Waals surface area (Å²) in [6.45, 7) is 3.70. The van der Waals surface area contributed by atoms with Crippen molar-refractivity contribution >= 4 is 37.2 Å². The van der Waals surface area contributed by atoms with Crippen LogP contribution in [0.15, 0.2) is 77.8 Å². The minimum absolute atomic E-state index is 0.120. The first-order valence-electron chi connectivity index (χ1n) is 14.0. The zero-order valence-electron chi connectivity index (χ0n) is 23.3. The predicted octanol–water partition coefficient (Wildman–Crippen LogP) is 2.37. The van der Waals surface area contributed by atoms with Gasteiger partial charge in [0.05, 0.1) is 23.6 Å². The molecule has 3 aliphatic rings. The highest BCUT2D eigenvalue weighted by Gasteiger charge is 2.58. The average Bonchev–Trinajstić information content (AvgIpc) is 3.23. The lowest BCUT2D eigenvalue weighted by atomic mass is 9.55. The van der Waals surface area contributed by atoms with Gasteiger partial charge >= 0.3 is 14.2 Å². The fourth-order valence-electron chi connectivity index (χ4n) is 6.70. The van der Waals surface area contributed by atoms with E-state index in [4.69, 9.17) is 9.39 Å². The minimum Gasteiger partial charge on any atom is -0.507 e. The number of carbonyl (C=O) groups is 2. The Bertz CT molecular complexity index is 1550. The summed E-state index contributed by atoms with van der Waals surface area (Å²) in [5, 5.41) is 41.1. The van der Waals surface area contributed by atoms with Crippen molar-refractivity contribution in [3.8, 4) is 11.5 Å². The number of para-hydroxylation sites is 1. The highest BCUT2D eigenvalue weighted by Crippen LogP contribution is 2.52. The van der Waals surface area contributed by atoms with Crippen molar-refractivity contribution < 1.29 is 39.2 Å². The second-order valence-electron chi connectivity index (χ2n) is 11.3. The Hall–Kier alpha value is -3.89. The van der Waals surface area contributed by atoms with E-state index >= 15 is 0 Å². The predicted molar refractivity (Wildman–Crippen MR) is 157 cm³/mol. The zero-order valence-corrected chi connectivity index (χ0v) is 23.3. The Morgan fingerprint density at radius 2 is 1.69 bits per heavy atom. The van der Waals surface area contributed by atoms with E-state index < -0.39 is 44.0 Å². The monoisotopic (exact) mass is 567 g/mol. The number of hydrogen-bond donors (Lipinski definition) is 4. The van der Waals surface area contributed by atoms with E-state index in [1.165, 1.54) is 12.1 Å². The molecule has 6 rings (SSSR count). The molecular formula is C31H31B2NO8. The lowest BCUT2D eigenvalue weighted by Crippen LogP contribution is -2.45. The van der Waals surface area contributed by atoms with Crippen molar-refractivity contribution in [1.29, 1.82) is 0 Å². The highest BCUT2D eigenvalue weighted by molar-refractivity contribution is 6.58. The maximum absolute atomic E-state index is 14.0. The van der Waals surface area contributed by atoms with Crippen molar-refractivity contribution in [2.24, 2.45) is 17.8 Å². The van der Waals surface area contributed by atoms with Crippen molar-refractivity contribution in [2.45, 2.75) is 32.8 Å². The molecule has 9 nitrogen and oxygen atoms in total. The van der Waals surface area contributed by atoms with Crippen LogP contribution in [0.4, 0.5) is 5.69 Å². The van der Waals surface area contributed by atoms with E-state index in [0.717, 1.165) is 16.0 Å². The highest BCUT2D eigenvalue weighted by atomic mass is 16.5. The molecular weight excluding hydrogens is 536 g/mol. The van der Waals surface area contributed by atoms with Crippen LogP contribution in [0.3, 0.4) is 0 Å². The third-order valence-electron chi connectivity index (χ3n) is 8.68. The Morgan fingerprint density at radius 1 is 0.976 bits per heavy atom. The van der Waals surface area contributed by atoms with Crippen LogP contribution >= 0.6 is 0 Å². The number of nitrogens with zero attached hydrogens (tertiary/aromatic N) is 1. The zero-order chi connectivity index (χ0) is 29.7. The maximum Gasteiger partial charge on any atom is 0.488 e. The normalized spacial score (nSPS) is 23.6. The summed E-state index contributed by atoms with van der Waals surface area (Å²) < 4.78 is 12.2. The van der Waals surface area contributed by atoms with E-state index in [1.807, 2.05) is 42.5 Å². The standard InChI is InChI=1S/C31H31B2NO8/c1-17-11-19(12-18(2)29(17)35)26-15-24-27-25(30(36)34(31(27)37)22-8-6-7-21(14-22)32(38)39)13-20(28(24)33(40)42-26)16-41-23-9-4-3-5-10-23/h3-12,14,24-27,35,38-40H,13,15-16H2,1-2H3/t24-,25-,26-,27+/m0/s1. The first-order chi connectivity index (χ1) is 20.1. The molecule has 3 aromatic rings. The second-order valence-corrected chi connectivity index (χ2v) is 11.3. The van der Waals surface area contributed by atoms with Crippen molar-refractivity contribution in [1.82, 2.24) is 0 Å². The quantitative estimate of drug-likeness (QED) is 0.264. The number of rotatable bonds is 6. The summed E-state index contributed by atoms with van der Waals surface area (Å²) in [5.74, 6) is -1.87. The number of aromatic hydroxyl groups is 1. The van der Waals surface area contributed by atoms with E-state index in [9.17, 15) is 29.8 Å². The molecule has 2 aliphatic heterocycles. The molecule has 11 heteroatoms. The Morgan fingerprint density at radius 3 is 2.38 bits per heavy atom. The van der Waals surface area contributed by atoms with Gasteiger partial charge in [-0.2, -0.15) is 0 Å². The summed E-state index contributed by atoms with van der Waals surface area (Å²) in [6, 6.07) is 18.9. The fourth-order valence-corrected chi connectivity index (χ4v) is 6.70. The van der Waals surface area contributed by atoms with Crippen LogP contribution < -0.4 is 15.1 Å². The number of amides is 2. The van der Waals surface area contributed by atoms with Crippen LogP contribution in [0.2, 0.25) is 0 Å². The van der Waals surface area contributed by atoms with E-state index in [0.29, 0.717) is 28.8 Å². The van der Waals surface area contributed by atoms with Gasteiger partial charge in [-0.05, 0) is 102 Å². The summed E-state index contributed by atoms with van der Waals surface area (Å²) in [6.07, 6.45) is -0.0181.